The molecular weight excluding hydrogens is 241 g/mol. The van der Waals surface area contributed by atoms with Crippen molar-refractivity contribution in [2.45, 2.75) is 12.0 Å². The van der Waals surface area contributed by atoms with E-state index in [1.165, 1.54) is 12.1 Å². The summed E-state index contributed by atoms with van der Waals surface area (Å²) in [6.45, 7) is 0.711. The number of carbonyl (C=O) groups excluding carboxylic acids is 1. The Hall–Kier alpha value is -1.95. The number of carboxylic acids is 1. The van der Waals surface area contributed by atoms with E-state index in [0.29, 0.717) is 19.4 Å². The SMILES string of the molecule is O=Cc1ccc(OC2(CC(=O)O)CNC2)c(F)c1. The number of benzene rings is 1. The monoisotopic (exact) mass is 253 g/mol. The Morgan fingerprint density at radius 3 is 2.72 bits per heavy atom. The van der Waals surface area contributed by atoms with E-state index in [2.05, 4.69) is 5.32 Å². The molecule has 6 heteroatoms. The summed E-state index contributed by atoms with van der Waals surface area (Å²) in [4.78, 5) is 21.2. The normalized spacial score (nSPS) is 16.7. The fourth-order valence-electron chi connectivity index (χ4n) is 1.82. The molecule has 0 bridgehead atoms. The first-order valence-electron chi connectivity index (χ1n) is 5.41. The molecule has 0 aromatic heterocycles. The first-order valence-corrected chi connectivity index (χ1v) is 5.41. The van der Waals surface area contributed by atoms with Crippen LogP contribution in [-0.4, -0.2) is 36.1 Å². The van der Waals surface area contributed by atoms with Crippen LogP contribution in [0.5, 0.6) is 5.75 Å². The molecule has 0 radical (unpaired) electrons. The van der Waals surface area contributed by atoms with Crippen molar-refractivity contribution in [3.8, 4) is 5.75 Å². The lowest BCUT2D eigenvalue weighted by Crippen LogP contribution is -2.64. The molecule has 96 valence electrons. The molecule has 1 aromatic rings. The van der Waals surface area contributed by atoms with Crippen molar-refractivity contribution in [3.05, 3.63) is 29.6 Å². The summed E-state index contributed by atoms with van der Waals surface area (Å²) in [5.74, 6) is -1.71. The van der Waals surface area contributed by atoms with Crippen molar-refractivity contribution in [1.29, 1.82) is 0 Å². The van der Waals surface area contributed by atoms with Crippen molar-refractivity contribution in [3.63, 3.8) is 0 Å². The van der Waals surface area contributed by atoms with Gasteiger partial charge in [0.2, 0.25) is 0 Å². The summed E-state index contributed by atoms with van der Waals surface area (Å²) in [6.07, 6.45) is 0.333. The number of rotatable bonds is 5. The van der Waals surface area contributed by atoms with Gasteiger partial charge in [0.15, 0.2) is 11.6 Å². The Labute approximate surface area is 103 Å². The van der Waals surface area contributed by atoms with E-state index in [0.717, 1.165) is 6.07 Å². The lowest BCUT2D eigenvalue weighted by atomic mass is 9.92. The molecule has 0 saturated carbocycles. The fourth-order valence-corrected chi connectivity index (χ4v) is 1.82. The molecule has 1 aromatic carbocycles. The van der Waals surface area contributed by atoms with Gasteiger partial charge >= 0.3 is 5.97 Å². The first kappa shape index (κ1) is 12.5. The minimum Gasteiger partial charge on any atom is -0.481 e. The molecule has 1 saturated heterocycles. The Balaban J connectivity index is 2.17. The molecule has 1 aliphatic heterocycles. The summed E-state index contributed by atoms with van der Waals surface area (Å²) in [6, 6.07) is 3.82. The highest BCUT2D eigenvalue weighted by atomic mass is 19.1. The van der Waals surface area contributed by atoms with Crippen LogP contribution >= 0.6 is 0 Å². The van der Waals surface area contributed by atoms with Crippen molar-refractivity contribution < 1.29 is 23.8 Å². The zero-order chi connectivity index (χ0) is 13.2. The minimum absolute atomic E-state index is 0.0386. The molecule has 2 N–H and O–H groups in total. The first-order chi connectivity index (χ1) is 8.54. The van der Waals surface area contributed by atoms with Crippen LogP contribution in [-0.2, 0) is 4.79 Å². The molecule has 0 atom stereocenters. The third-order valence-electron chi connectivity index (χ3n) is 2.79. The van der Waals surface area contributed by atoms with E-state index in [-0.39, 0.29) is 17.7 Å². The highest BCUT2D eigenvalue weighted by molar-refractivity contribution is 5.75. The van der Waals surface area contributed by atoms with Gasteiger partial charge in [-0.1, -0.05) is 0 Å². The second-order valence-electron chi connectivity index (χ2n) is 4.27. The molecule has 1 heterocycles. The molecule has 18 heavy (non-hydrogen) atoms. The number of aldehydes is 1. The summed E-state index contributed by atoms with van der Waals surface area (Å²) < 4.78 is 19.1. The number of carbonyl (C=O) groups is 2. The lowest BCUT2D eigenvalue weighted by molar-refractivity contribution is -0.143. The highest BCUT2D eigenvalue weighted by Gasteiger charge is 2.42. The predicted molar refractivity (Wildman–Crippen MR) is 60.3 cm³/mol. The molecule has 0 spiro atoms. The highest BCUT2D eigenvalue weighted by Crippen LogP contribution is 2.27. The van der Waals surface area contributed by atoms with E-state index in [9.17, 15) is 14.0 Å². The summed E-state index contributed by atoms with van der Waals surface area (Å²) in [5, 5.41) is 11.7. The Bertz CT molecular complexity index is 485. The molecule has 2 rings (SSSR count). The Morgan fingerprint density at radius 1 is 1.56 bits per heavy atom. The van der Waals surface area contributed by atoms with Gasteiger partial charge in [-0.25, -0.2) is 4.39 Å². The van der Waals surface area contributed by atoms with Gasteiger partial charge in [-0.2, -0.15) is 0 Å². The zero-order valence-corrected chi connectivity index (χ0v) is 9.48. The molecule has 5 nitrogen and oxygen atoms in total. The third kappa shape index (κ3) is 2.48. The zero-order valence-electron chi connectivity index (χ0n) is 9.48. The van der Waals surface area contributed by atoms with E-state index < -0.39 is 17.4 Å². The van der Waals surface area contributed by atoms with Gasteiger partial charge in [-0.05, 0) is 18.2 Å². The maximum Gasteiger partial charge on any atom is 0.307 e. The Morgan fingerprint density at radius 2 is 2.28 bits per heavy atom. The maximum atomic E-state index is 13.6. The van der Waals surface area contributed by atoms with Crippen LogP contribution in [0.25, 0.3) is 0 Å². The molecule has 0 aliphatic carbocycles. The number of ether oxygens (including phenoxy) is 1. The average Bonchev–Trinajstić information content (AvgIpc) is 2.28. The summed E-state index contributed by atoms with van der Waals surface area (Å²) >= 11 is 0. The molecule has 0 amide bonds. The van der Waals surface area contributed by atoms with Crippen molar-refractivity contribution in [2.24, 2.45) is 0 Å². The van der Waals surface area contributed by atoms with Gasteiger partial charge in [0.05, 0.1) is 6.42 Å². The topological polar surface area (TPSA) is 75.6 Å². The van der Waals surface area contributed by atoms with E-state index in [1.54, 1.807) is 0 Å². The van der Waals surface area contributed by atoms with Crippen LogP contribution in [0.2, 0.25) is 0 Å². The predicted octanol–water partition coefficient (Wildman–Crippen LogP) is 0.834. The quantitative estimate of drug-likeness (QED) is 0.760. The number of nitrogens with one attached hydrogen (secondary N) is 1. The van der Waals surface area contributed by atoms with Crippen molar-refractivity contribution in [1.82, 2.24) is 5.32 Å². The van der Waals surface area contributed by atoms with Gasteiger partial charge < -0.3 is 15.2 Å². The van der Waals surface area contributed by atoms with Gasteiger partial charge in [-0.3, -0.25) is 9.59 Å². The largest absolute Gasteiger partial charge is 0.481 e. The molecule has 0 unspecified atom stereocenters. The van der Waals surface area contributed by atoms with Crippen molar-refractivity contribution >= 4 is 12.3 Å². The van der Waals surface area contributed by atoms with Gasteiger partial charge in [0.1, 0.15) is 11.9 Å². The molecular formula is C12H12FNO4. The van der Waals surface area contributed by atoms with E-state index in [1.807, 2.05) is 0 Å². The smallest absolute Gasteiger partial charge is 0.307 e. The van der Waals surface area contributed by atoms with Gasteiger partial charge in [0, 0.05) is 18.7 Å². The maximum absolute atomic E-state index is 13.6. The Kier molecular flexibility index (Phi) is 3.29. The van der Waals surface area contributed by atoms with Crippen LogP contribution < -0.4 is 10.1 Å². The van der Waals surface area contributed by atoms with Crippen LogP contribution in [0.3, 0.4) is 0 Å². The van der Waals surface area contributed by atoms with E-state index in [4.69, 9.17) is 9.84 Å². The summed E-state index contributed by atoms with van der Waals surface area (Å²) in [5.41, 5.74) is -0.700. The van der Waals surface area contributed by atoms with Crippen LogP contribution in [0, 0.1) is 5.82 Å². The molecule has 1 aliphatic rings. The summed E-state index contributed by atoms with van der Waals surface area (Å²) in [7, 11) is 0. The standard InChI is InChI=1S/C12H12FNO4/c13-9-3-8(5-15)1-2-10(9)18-12(4-11(16)17)6-14-7-12/h1-3,5,14H,4,6-7H2,(H,16,17). The minimum atomic E-state index is -0.999. The average molecular weight is 253 g/mol. The molecule has 1 fully saturated rings. The number of halogens is 1. The number of aliphatic carboxylic acids is 1. The fraction of sp³-hybridized carbons (Fsp3) is 0.333. The lowest BCUT2D eigenvalue weighted by Gasteiger charge is -2.41. The number of hydrogen-bond acceptors (Lipinski definition) is 4. The van der Waals surface area contributed by atoms with Gasteiger partial charge in [0.25, 0.3) is 0 Å². The van der Waals surface area contributed by atoms with Crippen molar-refractivity contribution in [2.75, 3.05) is 13.1 Å². The number of carboxylic acid groups (broad SMARTS) is 1. The van der Waals surface area contributed by atoms with Crippen LogP contribution in [0.1, 0.15) is 16.8 Å². The second kappa shape index (κ2) is 4.73. The van der Waals surface area contributed by atoms with Crippen LogP contribution in [0.15, 0.2) is 18.2 Å². The number of hydrogen-bond donors (Lipinski definition) is 2. The second-order valence-corrected chi connectivity index (χ2v) is 4.27. The van der Waals surface area contributed by atoms with Crippen LogP contribution in [0.4, 0.5) is 4.39 Å². The van der Waals surface area contributed by atoms with Gasteiger partial charge in [-0.15, -0.1) is 0 Å². The third-order valence-corrected chi connectivity index (χ3v) is 2.79. The van der Waals surface area contributed by atoms with E-state index >= 15 is 0 Å².